The lowest BCUT2D eigenvalue weighted by atomic mass is 10.4. The van der Waals surface area contributed by atoms with Crippen LogP contribution in [-0.4, -0.2) is 50.2 Å². The summed E-state index contributed by atoms with van der Waals surface area (Å²) in [6.45, 7) is 8.39. The van der Waals surface area contributed by atoms with E-state index < -0.39 is 0 Å². The molecule has 0 aromatic heterocycles. The van der Waals surface area contributed by atoms with Gasteiger partial charge in [0.25, 0.3) is 0 Å². The minimum atomic E-state index is 0.0389. The first kappa shape index (κ1) is 13.4. The van der Waals surface area contributed by atoms with E-state index in [1.807, 2.05) is 6.92 Å². The van der Waals surface area contributed by atoms with Crippen LogP contribution in [0.2, 0.25) is 0 Å². The van der Waals surface area contributed by atoms with Gasteiger partial charge in [-0.2, -0.15) is 0 Å². The maximum Gasteiger partial charge on any atom is 0.248 e. The summed E-state index contributed by atoms with van der Waals surface area (Å²) in [5, 5.41) is 3.21. The fourth-order valence-electron chi connectivity index (χ4n) is 0.866. The Kier molecular flexibility index (Phi) is 7.42. The number of hydrogen-bond donors (Lipinski definition) is 1. The highest BCUT2D eigenvalue weighted by Crippen LogP contribution is 1.85. The van der Waals surface area contributed by atoms with Crippen molar-refractivity contribution < 1.29 is 9.53 Å². The molecule has 4 heteroatoms. The zero-order chi connectivity index (χ0) is 11.0. The molecule has 0 heterocycles. The Balaban J connectivity index is 3.32. The molecule has 0 aromatic carbocycles. The molecule has 0 aliphatic heterocycles. The maximum absolute atomic E-state index is 11.3. The number of hydrogen-bond acceptors (Lipinski definition) is 3. The quantitative estimate of drug-likeness (QED) is 0.611. The number of nitrogens with one attached hydrogen (secondary N) is 1. The summed E-state index contributed by atoms with van der Waals surface area (Å²) in [5.74, 6) is 0.0389. The van der Waals surface area contributed by atoms with Crippen LogP contribution in [0.4, 0.5) is 0 Å². The minimum Gasteiger partial charge on any atom is -0.370 e. The smallest absolute Gasteiger partial charge is 0.248 e. The van der Waals surface area contributed by atoms with E-state index >= 15 is 0 Å². The first-order valence-corrected chi connectivity index (χ1v) is 5.13. The SMILES string of the molecule is CCN(C)C(=O)COCCNC(C)C. The van der Waals surface area contributed by atoms with Crippen molar-refractivity contribution in [2.75, 3.05) is 33.4 Å². The van der Waals surface area contributed by atoms with Crippen molar-refractivity contribution in [3.63, 3.8) is 0 Å². The Morgan fingerprint density at radius 2 is 2.14 bits per heavy atom. The van der Waals surface area contributed by atoms with Gasteiger partial charge in [0.15, 0.2) is 0 Å². The van der Waals surface area contributed by atoms with Crippen LogP contribution >= 0.6 is 0 Å². The molecule has 0 saturated heterocycles. The molecule has 0 radical (unpaired) electrons. The van der Waals surface area contributed by atoms with E-state index in [-0.39, 0.29) is 12.5 Å². The van der Waals surface area contributed by atoms with E-state index in [4.69, 9.17) is 4.74 Å². The summed E-state index contributed by atoms with van der Waals surface area (Å²) < 4.78 is 5.22. The summed E-state index contributed by atoms with van der Waals surface area (Å²) in [6.07, 6.45) is 0. The number of nitrogens with zero attached hydrogens (tertiary/aromatic N) is 1. The summed E-state index contributed by atoms with van der Waals surface area (Å²) in [4.78, 5) is 12.9. The molecule has 0 fully saturated rings. The van der Waals surface area contributed by atoms with E-state index in [1.54, 1.807) is 11.9 Å². The van der Waals surface area contributed by atoms with Gasteiger partial charge < -0.3 is 15.0 Å². The van der Waals surface area contributed by atoms with Crippen molar-refractivity contribution in [1.29, 1.82) is 0 Å². The Morgan fingerprint density at radius 3 is 2.64 bits per heavy atom. The lowest BCUT2D eigenvalue weighted by molar-refractivity contribution is -0.134. The molecular formula is C10H22N2O2. The van der Waals surface area contributed by atoms with Gasteiger partial charge in [-0.25, -0.2) is 0 Å². The van der Waals surface area contributed by atoms with E-state index in [9.17, 15) is 4.79 Å². The average Bonchev–Trinajstić information content (AvgIpc) is 2.15. The highest BCUT2D eigenvalue weighted by molar-refractivity contribution is 5.77. The van der Waals surface area contributed by atoms with Crippen molar-refractivity contribution in [2.24, 2.45) is 0 Å². The molecule has 4 nitrogen and oxygen atoms in total. The van der Waals surface area contributed by atoms with Gasteiger partial charge in [-0.05, 0) is 6.92 Å². The molecule has 0 unspecified atom stereocenters. The van der Waals surface area contributed by atoms with Crippen molar-refractivity contribution in [1.82, 2.24) is 10.2 Å². The molecule has 0 atom stereocenters. The van der Waals surface area contributed by atoms with Gasteiger partial charge in [-0.3, -0.25) is 4.79 Å². The number of ether oxygens (including phenoxy) is 1. The molecule has 0 rings (SSSR count). The Bertz CT molecular complexity index is 160. The topological polar surface area (TPSA) is 41.6 Å². The van der Waals surface area contributed by atoms with Gasteiger partial charge in [0.05, 0.1) is 6.61 Å². The third-order valence-corrected chi connectivity index (χ3v) is 1.92. The van der Waals surface area contributed by atoms with Crippen LogP contribution in [-0.2, 0) is 9.53 Å². The average molecular weight is 202 g/mol. The predicted octanol–water partition coefficient (Wildman–Crippen LogP) is 0.479. The van der Waals surface area contributed by atoms with Crippen LogP contribution in [0.1, 0.15) is 20.8 Å². The summed E-state index contributed by atoms with van der Waals surface area (Å²) >= 11 is 0. The monoisotopic (exact) mass is 202 g/mol. The molecule has 14 heavy (non-hydrogen) atoms. The molecule has 0 aliphatic carbocycles. The largest absolute Gasteiger partial charge is 0.370 e. The third-order valence-electron chi connectivity index (χ3n) is 1.92. The maximum atomic E-state index is 11.3. The van der Waals surface area contributed by atoms with Crippen LogP contribution in [0.15, 0.2) is 0 Å². The molecule has 0 spiro atoms. The van der Waals surface area contributed by atoms with E-state index in [0.717, 1.165) is 13.1 Å². The van der Waals surface area contributed by atoms with Crippen LogP contribution in [0.5, 0.6) is 0 Å². The second-order valence-corrected chi connectivity index (χ2v) is 3.57. The van der Waals surface area contributed by atoms with Crippen LogP contribution in [0.25, 0.3) is 0 Å². The first-order chi connectivity index (χ1) is 6.57. The standard InChI is InChI=1S/C10H22N2O2/c1-5-12(4)10(13)8-14-7-6-11-9(2)3/h9,11H,5-8H2,1-4H3. The second kappa shape index (κ2) is 7.76. The van der Waals surface area contributed by atoms with Crippen LogP contribution < -0.4 is 5.32 Å². The van der Waals surface area contributed by atoms with Crippen LogP contribution in [0, 0.1) is 0 Å². The third kappa shape index (κ3) is 6.86. The van der Waals surface area contributed by atoms with Gasteiger partial charge in [0, 0.05) is 26.2 Å². The zero-order valence-electron chi connectivity index (χ0n) is 9.67. The minimum absolute atomic E-state index is 0.0389. The van der Waals surface area contributed by atoms with Gasteiger partial charge in [-0.15, -0.1) is 0 Å². The first-order valence-electron chi connectivity index (χ1n) is 5.13. The Labute approximate surface area is 86.6 Å². The molecule has 0 bridgehead atoms. The molecule has 1 N–H and O–H groups in total. The van der Waals surface area contributed by atoms with Crippen molar-refractivity contribution in [2.45, 2.75) is 26.8 Å². The normalized spacial score (nSPS) is 10.6. The number of amides is 1. The fraction of sp³-hybridized carbons (Fsp3) is 0.900. The van der Waals surface area contributed by atoms with Gasteiger partial charge in [0.2, 0.25) is 5.91 Å². The Morgan fingerprint density at radius 1 is 1.50 bits per heavy atom. The van der Waals surface area contributed by atoms with E-state index in [1.165, 1.54) is 0 Å². The number of likely N-dealkylation sites (N-methyl/N-ethyl adjacent to an activating group) is 1. The van der Waals surface area contributed by atoms with Gasteiger partial charge >= 0.3 is 0 Å². The molecular weight excluding hydrogens is 180 g/mol. The van der Waals surface area contributed by atoms with Crippen molar-refractivity contribution in [3.8, 4) is 0 Å². The van der Waals surface area contributed by atoms with Gasteiger partial charge in [0.1, 0.15) is 6.61 Å². The van der Waals surface area contributed by atoms with Crippen LogP contribution in [0.3, 0.4) is 0 Å². The highest BCUT2D eigenvalue weighted by atomic mass is 16.5. The van der Waals surface area contributed by atoms with E-state index in [0.29, 0.717) is 12.6 Å². The molecule has 0 aromatic rings. The number of rotatable bonds is 7. The zero-order valence-corrected chi connectivity index (χ0v) is 9.67. The lowest BCUT2D eigenvalue weighted by Crippen LogP contribution is -2.32. The molecule has 0 saturated carbocycles. The molecule has 0 aliphatic rings. The summed E-state index contributed by atoms with van der Waals surface area (Å²) in [6, 6.07) is 0.465. The summed E-state index contributed by atoms with van der Waals surface area (Å²) in [5.41, 5.74) is 0. The van der Waals surface area contributed by atoms with E-state index in [2.05, 4.69) is 19.2 Å². The molecule has 84 valence electrons. The molecule has 1 amide bonds. The fourth-order valence-corrected chi connectivity index (χ4v) is 0.866. The predicted molar refractivity (Wildman–Crippen MR) is 57.3 cm³/mol. The van der Waals surface area contributed by atoms with Crippen molar-refractivity contribution in [3.05, 3.63) is 0 Å². The summed E-state index contributed by atoms with van der Waals surface area (Å²) in [7, 11) is 1.78. The second-order valence-electron chi connectivity index (χ2n) is 3.57. The van der Waals surface area contributed by atoms with Crippen molar-refractivity contribution >= 4 is 5.91 Å². The lowest BCUT2D eigenvalue weighted by Gasteiger charge is -2.14. The highest BCUT2D eigenvalue weighted by Gasteiger charge is 2.05. The number of carbonyl (C=O) groups is 1. The number of carbonyl (C=O) groups excluding carboxylic acids is 1. The Hall–Kier alpha value is -0.610. The van der Waals surface area contributed by atoms with Gasteiger partial charge in [-0.1, -0.05) is 13.8 Å².